The summed E-state index contributed by atoms with van der Waals surface area (Å²) in [5, 5.41) is 17.8. The minimum Gasteiger partial charge on any atom is -0.392 e. The van der Waals surface area contributed by atoms with Gasteiger partial charge in [-0.15, -0.1) is 0 Å². The molecule has 0 bridgehead atoms. The highest BCUT2D eigenvalue weighted by Crippen LogP contribution is 2.11. The van der Waals surface area contributed by atoms with E-state index in [2.05, 4.69) is 0 Å². The number of likely N-dealkylation sites (tertiary alicyclic amines) is 1. The molecule has 2 N–H and O–H groups in total. The lowest BCUT2D eigenvalue weighted by molar-refractivity contribution is 0.0564. The van der Waals surface area contributed by atoms with Crippen LogP contribution >= 0.6 is 0 Å². The molecule has 1 saturated heterocycles. The number of hydrogen-bond donors (Lipinski definition) is 2. The molecule has 1 heterocycles. The summed E-state index contributed by atoms with van der Waals surface area (Å²) >= 11 is 0. The van der Waals surface area contributed by atoms with Crippen molar-refractivity contribution in [1.29, 1.82) is 0 Å². The van der Waals surface area contributed by atoms with Crippen molar-refractivity contribution < 1.29 is 10.2 Å². The normalized spacial score (nSPS) is 40.9. The van der Waals surface area contributed by atoms with Crippen molar-refractivity contribution in [2.45, 2.75) is 18.8 Å². The van der Waals surface area contributed by atoms with Crippen LogP contribution < -0.4 is 0 Å². The maximum absolute atomic E-state index is 8.93. The fourth-order valence-corrected chi connectivity index (χ4v) is 0.952. The van der Waals surface area contributed by atoms with Gasteiger partial charge in [0.2, 0.25) is 0 Å². The second-order valence-corrected chi connectivity index (χ2v) is 2.31. The van der Waals surface area contributed by atoms with Gasteiger partial charge in [-0.1, -0.05) is 0 Å². The summed E-state index contributed by atoms with van der Waals surface area (Å²) in [4.78, 5) is 1.73. The molecular weight excluding hydrogens is 106 g/mol. The molecule has 0 saturated carbocycles. The van der Waals surface area contributed by atoms with Crippen molar-refractivity contribution in [3.63, 3.8) is 0 Å². The summed E-state index contributed by atoms with van der Waals surface area (Å²) in [5.74, 6) is 0. The fraction of sp³-hybridized carbons (Fsp3) is 1.00. The first-order valence-corrected chi connectivity index (χ1v) is 2.76. The Kier molecular flexibility index (Phi) is 1.51. The average Bonchev–Trinajstić information content (AvgIpc) is 1.85. The topological polar surface area (TPSA) is 43.7 Å². The Hall–Kier alpha value is -0.120. The smallest absolute Gasteiger partial charge is 0.109 e. The van der Waals surface area contributed by atoms with E-state index in [1.165, 1.54) is 0 Å². The molecule has 2 unspecified atom stereocenters. The van der Waals surface area contributed by atoms with Crippen molar-refractivity contribution in [2.24, 2.45) is 0 Å². The second-order valence-electron chi connectivity index (χ2n) is 2.31. The summed E-state index contributed by atoms with van der Waals surface area (Å²) in [7, 11) is 1.79. The molecule has 0 radical (unpaired) electrons. The highest BCUT2D eigenvalue weighted by atomic mass is 16.3. The number of rotatable bonds is 0. The minimum absolute atomic E-state index is 0.324. The number of β-amino-alcohol motifs (C(OH)–C–C–N with tert-alkyl or cyclic N) is 1. The van der Waals surface area contributed by atoms with Crippen LogP contribution in [0.3, 0.4) is 0 Å². The number of nitrogens with zero attached hydrogens (tertiary/aromatic N) is 1. The molecule has 3 heteroatoms. The predicted octanol–water partition coefficient (Wildman–Crippen LogP) is -0.999. The quantitative estimate of drug-likeness (QED) is 0.428. The summed E-state index contributed by atoms with van der Waals surface area (Å²) in [6.07, 6.45) is -0.253. The van der Waals surface area contributed by atoms with Crippen molar-refractivity contribution in [1.82, 2.24) is 4.90 Å². The predicted molar refractivity (Wildman–Crippen MR) is 29.3 cm³/mol. The van der Waals surface area contributed by atoms with Gasteiger partial charge in [0.05, 0.1) is 6.10 Å². The van der Waals surface area contributed by atoms with Crippen LogP contribution in [0.25, 0.3) is 0 Å². The van der Waals surface area contributed by atoms with Crippen LogP contribution in [0.15, 0.2) is 0 Å². The first kappa shape index (κ1) is 6.01. The molecule has 1 aliphatic rings. The molecule has 1 fully saturated rings. The van der Waals surface area contributed by atoms with E-state index < -0.39 is 6.23 Å². The number of aliphatic hydroxyl groups is 2. The van der Waals surface area contributed by atoms with E-state index in [0.717, 1.165) is 0 Å². The van der Waals surface area contributed by atoms with Crippen LogP contribution in [0.2, 0.25) is 0 Å². The van der Waals surface area contributed by atoms with Crippen LogP contribution in [0.5, 0.6) is 0 Å². The van der Waals surface area contributed by atoms with Gasteiger partial charge in [0, 0.05) is 13.0 Å². The standard InChI is InChI=1S/C5H11NO2/c1-6-3-4(7)2-5(6)8/h4-5,7-8H,2-3H2,1H3. The molecule has 0 aromatic rings. The van der Waals surface area contributed by atoms with E-state index in [0.29, 0.717) is 13.0 Å². The van der Waals surface area contributed by atoms with E-state index in [9.17, 15) is 0 Å². The van der Waals surface area contributed by atoms with E-state index in [4.69, 9.17) is 10.2 Å². The number of hydrogen-bond acceptors (Lipinski definition) is 3. The minimum atomic E-state index is -0.426. The lowest BCUT2D eigenvalue weighted by atomic mass is 10.3. The molecule has 1 rings (SSSR count). The van der Waals surface area contributed by atoms with Gasteiger partial charge in [-0.25, -0.2) is 0 Å². The van der Waals surface area contributed by atoms with E-state index in [1.54, 1.807) is 11.9 Å². The summed E-state index contributed by atoms with van der Waals surface area (Å²) in [6, 6.07) is 0. The highest BCUT2D eigenvalue weighted by molar-refractivity contribution is 4.74. The summed E-state index contributed by atoms with van der Waals surface area (Å²) in [6.45, 7) is 0.598. The van der Waals surface area contributed by atoms with Crippen LogP contribution in [0.4, 0.5) is 0 Å². The fourth-order valence-electron chi connectivity index (χ4n) is 0.952. The van der Waals surface area contributed by atoms with Gasteiger partial charge < -0.3 is 10.2 Å². The molecule has 8 heavy (non-hydrogen) atoms. The Balaban J connectivity index is 2.39. The van der Waals surface area contributed by atoms with Crippen molar-refractivity contribution >= 4 is 0 Å². The Labute approximate surface area is 48.5 Å². The third-order valence-corrected chi connectivity index (χ3v) is 1.49. The molecule has 0 aromatic carbocycles. The second kappa shape index (κ2) is 2.01. The molecule has 0 aliphatic carbocycles. The molecule has 3 nitrogen and oxygen atoms in total. The van der Waals surface area contributed by atoms with Crippen LogP contribution in [0, 0.1) is 0 Å². The molecule has 1 aliphatic heterocycles. The lowest BCUT2D eigenvalue weighted by Gasteiger charge is -2.10. The largest absolute Gasteiger partial charge is 0.392 e. The van der Waals surface area contributed by atoms with Gasteiger partial charge in [0.1, 0.15) is 6.23 Å². The Morgan fingerprint density at radius 1 is 1.50 bits per heavy atom. The van der Waals surface area contributed by atoms with Crippen molar-refractivity contribution in [2.75, 3.05) is 13.6 Å². The monoisotopic (exact) mass is 117 g/mol. The summed E-state index contributed by atoms with van der Waals surface area (Å²) < 4.78 is 0. The third-order valence-electron chi connectivity index (χ3n) is 1.49. The van der Waals surface area contributed by atoms with Gasteiger partial charge >= 0.3 is 0 Å². The van der Waals surface area contributed by atoms with Gasteiger partial charge in [0.15, 0.2) is 0 Å². The molecule has 48 valence electrons. The molecule has 2 atom stereocenters. The molecule has 0 aromatic heterocycles. The van der Waals surface area contributed by atoms with E-state index in [1.807, 2.05) is 0 Å². The van der Waals surface area contributed by atoms with Gasteiger partial charge in [-0.05, 0) is 7.05 Å². The SMILES string of the molecule is CN1CC(O)CC1O. The zero-order valence-electron chi connectivity index (χ0n) is 4.91. The molecule has 0 amide bonds. The zero-order valence-corrected chi connectivity index (χ0v) is 4.91. The zero-order chi connectivity index (χ0) is 6.15. The van der Waals surface area contributed by atoms with E-state index >= 15 is 0 Å². The highest BCUT2D eigenvalue weighted by Gasteiger charge is 2.25. The first-order chi connectivity index (χ1) is 3.70. The lowest BCUT2D eigenvalue weighted by Crippen LogP contribution is -2.24. The van der Waals surface area contributed by atoms with Crippen molar-refractivity contribution in [3.05, 3.63) is 0 Å². The van der Waals surface area contributed by atoms with Crippen LogP contribution in [0.1, 0.15) is 6.42 Å². The maximum Gasteiger partial charge on any atom is 0.109 e. The Bertz CT molecular complexity index is 76.5. The average molecular weight is 117 g/mol. The van der Waals surface area contributed by atoms with Gasteiger partial charge in [-0.3, -0.25) is 4.90 Å². The first-order valence-electron chi connectivity index (χ1n) is 2.76. The molecule has 0 spiro atoms. The summed E-state index contributed by atoms with van der Waals surface area (Å²) in [5.41, 5.74) is 0. The number of aliphatic hydroxyl groups excluding tert-OH is 2. The molecular formula is C5H11NO2. The van der Waals surface area contributed by atoms with Crippen molar-refractivity contribution in [3.8, 4) is 0 Å². The third kappa shape index (κ3) is 0.992. The Morgan fingerprint density at radius 3 is 2.25 bits per heavy atom. The van der Waals surface area contributed by atoms with Crippen LogP contribution in [-0.4, -0.2) is 41.0 Å². The number of likely N-dealkylation sites (N-methyl/N-ethyl adjacent to an activating group) is 1. The van der Waals surface area contributed by atoms with Crippen LogP contribution in [-0.2, 0) is 0 Å². The van der Waals surface area contributed by atoms with Gasteiger partial charge in [-0.2, -0.15) is 0 Å². The van der Waals surface area contributed by atoms with Gasteiger partial charge in [0.25, 0.3) is 0 Å². The maximum atomic E-state index is 8.93. The van der Waals surface area contributed by atoms with E-state index in [-0.39, 0.29) is 6.10 Å². The Morgan fingerprint density at radius 2 is 2.12 bits per heavy atom.